The van der Waals surface area contributed by atoms with Gasteiger partial charge in [0.1, 0.15) is 16.7 Å². The number of pyridine rings is 1. The fraction of sp³-hybridized carbons (Fsp3) is 0.312. The van der Waals surface area contributed by atoms with Crippen LogP contribution in [-0.2, 0) is 0 Å². The Morgan fingerprint density at radius 1 is 1.13 bits per heavy atom. The maximum atomic E-state index is 6.40. The summed E-state index contributed by atoms with van der Waals surface area (Å²) < 4.78 is 0. The van der Waals surface area contributed by atoms with Crippen LogP contribution in [0.2, 0.25) is 5.15 Å². The van der Waals surface area contributed by atoms with E-state index < -0.39 is 0 Å². The van der Waals surface area contributed by atoms with Crippen LogP contribution in [0.1, 0.15) is 26.3 Å². The molecule has 23 heavy (non-hydrogen) atoms. The van der Waals surface area contributed by atoms with Crippen LogP contribution in [0.25, 0.3) is 16.6 Å². The number of hydrogen-bond acceptors (Lipinski definition) is 4. The third kappa shape index (κ3) is 3.94. The molecule has 0 spiro atoms. The van der Waals surface area contributed by atoms with Gasteiger partial charge in [-0.25, -0.2) is 9.97 Å². The van der Waals surface area contributed by atoms with Gasteiger partial charge >= 0.3 is 0 Å². The van der Waals surface area contributed by atoms with Crippen molar-refractivity contribution in [2.75, 3.05) is 18.0 Å². The van der Waals surface area contributed by atoms with E-state index in [0.29, 0.717) is 33.0 Å². The minimum Gasteiger partial charge on any atom is -0.356 e. The second-order valence-corrected chi connectivity index (χ2v) is 6.07. The van der Waals surface area contributed by atoms with Crippen LogP contribution in [0.4, 0.5) is 5.82 Å². The van der Waals surface area contributed by atoms with Crippen molar-refractivity contribution in [2.24, 2.45) is 0 Å². The second kappa shape index (κ2) is 7.95. The summed E-state index contributed by atoms with van der Waals surface area (Å²) in [6.45, 7) is 7.29. The summed E-state index contributed by atoms with van der Waals surface area (Å²) in [5, 5.41) is 1.05. The highest BCUT2D eigenvalue weighted by Gasteiger charge is 2.21. The molecule has 2 heterocycles. The van der Waals surface area contributed by atoms with Crippen molar-refractivity contribution in [3.05, 3.63) is 40.1 Å². The second-order valence-electron chi connectivity index (χ2n) is 4.77. The van der Waals surface area contributed by atoms with Crippen LogP contribution < -0.4 is 4.90 Å². The van der Waals surface area contributed by atoms with E-state index in [2.05, 4.69) is 19.9 Å². The number of nitrogens with zero attached hydrogens (tertiary/aromatic N) is 4. The van der Waals surface area contributed by atoms with Gasteiger partial charge in [0.25, 0.3) is 0 Å². The van der Waals surface area contributed by atoms with Crippen molar-refractivity contribution in [2.45, 2.75) is 20.8 Å². The molecule has 2 aromatic heterocycles. The molecule has 0 bridgehead atoms. The molecule has 2 aromatic rings. The Labute approximate surface area is 151 Å². The Hall–Kier alpha value is -1.36. The third-order valence-electron chi connectivity index (χ3n) is 3.32. The molecular weight excluding hydrogens is 355 g/mol. The van der Waals surface area contributed by atoms with Crippen LogP contribution >= 0.6 is 34.8 Å². The molecule has 0 atom stereocenters. The smallest absolute Gasteiger partial charge is 0.181 e. The first-order valence-corrected chi connectivity index (χ1v) is 8.39. The van der Waals surface area contributed by atoms with Gasteiger partial charge in [-0.2, -0.15) is 0 Å². The SMILES string of the molecule is CCN(CC)c1nc(-c2ccccn2)nc(Cl)c1/C(Cl)=C(\C)Cl. The zero-order valence-corrected chi connectivity index (χ0v) is 15.4. The molecule has 4 nitrogen and oxygen atoms in total. The molecular formula is C16H17Cl3N4. The molecule has 0 aliphatic heterocycles. The molecule has 0 saturated heterocycles. The Morgan fingerprint density at radius 2 is 1.83 bits per heavy atom. The van der Waals surface area contributed by atoms with E-state index in [0.717, 1.165) is 13.1 Å². The number of rotatable bonds is 5. The van der Waals surface area contributed by atoms with Crippen LogP contribution in [0.3, 0.4) is 0 Å². The Kier molecular flexibility index (Phi) is 6.22. The molecule has 0 aromatic carbocycles. The Bertz CT molecular complexity index is 709. The van der Waals surface area contributed by atoms with Crippen LogP contribution in [-0.4, -0.2) is 28.0 Å². The largest absolute Gasteiger partial charge is 0.356 e. The molecule has 0 saturated carbocycles. The number of halogens is 3. The number of hydrogen-bond donors (Lipinski definition) is 0. The van der Waals surface area contributed by atoms with E-state index >= 15 is 0 Å². The van der Waals surface area contributed by atoms with Crippen molar-refractivity contribution in [1.82, 2.24) is 15.0 Å². The van der Waals surface area contributed by atoms with E-state index in [1.165, 1.54) is 0 Å². The fourth-order valence-corrected chi connectivity index (χ4v) is 2.72. The number of allylic oxidation sites excluding steroid dienone is 1. The summed E-state index contributed by atoms with van der Waals surface area (Å²) in [5.41, 5.74) is 1.20. The first-order valence-electron chi connectivity index (χ1n) is 7.25. The Balaban J connectivity index is 2.72. The average Bonchev–Trinajstić information content (AvgIpc) is 2.56. The lowest BCUT2D eigenvalue weighted by Crippen LogP contribution is -2.25. The highest BCUT2D eigenvalue weighted by atomic mass is 35.5. The third-order valence-corrected chi connectivity index (χ3v) is 4.36. The average molecular weight is 372 g/mol. The molecule has 2 rings (SSSR count). The van der Waals surface area contributed by atoms with Gasteiger partial charge in [0.15, 0.2) is 5.82 Å². The molecule has 0 radical (unpaired) electrons. The standard InChI is InChI=1S/C16H17Cl3N4/c1-4-23(5-2)16-12(13(18)10(3)17)14(19)21-15(22-16)11-8-6-7-9-20-11/h6-9H,4-5H2,1-3H3/b13-10-. The molecule has 7 heteroatoms. The molecule has 0 aliphatic carbocycles. The molecule has 0 unspecified atom stereocenters. The lowest BCUT2D eigenvalue weighted by molar-refractivity contribution is 0.840. The van der Waals surface area contributed by atoms with E-state index in [-0.39, 0.29) is 5.15 Å². The van der Waals surface area contributed by atoms with Crippen LogP contribution in [0.15, 0.2) is 29.4 Å². The van der Waals surface area contributed by atoms with Gasteiger partial charge in [0.2, 0.25) is 0 Å². The van der Waals surface area contributed by atoms with Gasteiger partial charge in [-0.15, -0.1) is 0 Å². The predicted molar refractivity (Wildman–Crippen MR) is 98.1 cm³/mol. The summed E-state index contributed by atoms with van der Waals surface area (Å²) in [5.74, 6) is 1.11. The highest BCUT2D eigenvalue weighted by molar-refractivity contribution is 6.56. The fourth-order valence-electron chi connectivity index (χ4n) is 2.14. The minimum atomic E-state index is 0.257. The summed E-state index contributed by atoms with van der Waals surface area (Å²) >= 11 is 18.8. The van der Waals surface area contributed by atoms with E-state index in [9.17, 15) is 0 Å². The molecule has 122 valence electrons. The van der Waals surface area contributed by atoms with Gasteiger partial charge in [0, 0.05) is 24.3 Å². The van der Waals surface area contributed by atoms with Crippen molar-refractivity contribution in [3.63, 3.8) is 0 Å². The lowest BCUT2D eigenvalue weighted by atomic mass is 10.2. The minimum absolute atomic E-state index is 0.257. The van der Waals surface area contributed by atoms with Crippen LogP contribution in [0, 0.1) is 0 Å². The highest BCUT2D eigenvalue weighted by Crippen LogP contribution is 2.37. The topological polar surface area (TPSA) is 41.9 Å². The maximum Gasteiger partial charge on any atom is 0.181 e. The van der Waals surface area contributed by atoms with E-state index in [4.69, 9.17) is 34.8 Å². The van der Waals surface area contributed by atoms with E-state index in [1.54, 1.807) is 13.1 Å². The summed E-state index contributed by atoms with van der Waals surface area (Å²) in [6.07, 6.45) is 1.69. The van der Waals surface area contributed by atoms with Gasteiger partial charge in [-0.3, -0.25) is 4.98 Å². The van der Waals surface area contributed by atoms with Crippen LogP contribution in [0.5, 0.6) is 0 Å². The molecule has 0 aliphatic rings. The summed E-state index contributed by atoms with van der Waals surface area (Å²) in [7, 11) is 0. The van der Waals surface area contributed by atoms with Gasteiger partial charge in [-0.1, -0.05) is 40.9 Å². The normalized spacial score (nSPS) is 12.1. The zero-order chi connectivity index (χ0) is 17.0. The lowest BCUT2D eigenvalue weighted by Gasteiger charge is -2.23. The van der Waals surface area contributed by atoms with Crippen molar-refractivity contribution >= 4 is 45.7 Å². The summed E-state index contributed by atoms with van der Waals surface area (Å²) in [4.78, 5) is 15.3. The van der Waals surface area contributed by atoms with Crippen molar-refractivity contribution in [3.8, 4) is 11.5 Å². The molecule has 0 fully saturated rings. The summed E-state index contributed by atoms with van der Waals surface area (Å²) in [6, 6.07) is 5.54. The van der Waals surface area contributed by atoms with Crippen molar-refractivity contribution in [1.29, 1.82) is 0 Å². The number of aromatic nitrogens is 3. The Morgan fingerprint density at radius 3 is 2.35 bits per heavy atom. The predicted octanol–water partition coefficient (Wildman–Crippen LogP) is 5.20. The van der Waals surface area contributed by atoms with Gasteiger partial charge < -0.3 is 4.90 Å². The quantitative estimate of drug-likeness (QED) is 0.677. The van der Waals surface area contributed by atoms with Gasteiger partial charge in [-0.05, 0) is 32.9 Å². The van der Waals surface area contributed by atoms with Crippen molar-refractivity contribution < 1.29 is 0 Å². The van der Waals surface area contributed by atoms with E-state index in [1.807, 2.05) is 32.0 Å². The first kappa shape index (κ1) is 18.0. The zero-order valence-electron chi connectivity index (χ0n) is 13.1. The van der Waals surface area contributed by atoms with Gasteiger partial charge in [0.05, 0.1) is 10.6 Å². The first-order chi connectivity index (χ1) is 11.0. The molecule has 0 N–H and O–H groups in total. The molecule has 0 amide bonds. The monoisotopic (exact) mass is 370 g/mol. The maximum absolute atomic E-state index is 6.40. The number of anilines is 1.